The Kier molecular flexibility index (Phi) is 7.22. The lowest BCUT2D eigenvalue weighted by atomic mass is 9.88. The zero-order chi connectivity index (χ0) is 35.6. The molecule has 0 saturated heterocycles. The number of anilines is 2. The molecule has 54 heavy (non-hydrogen) atoms. The number of rotatable bonds is 4. The largest absolute Gasteiger partial charge is 0.374 e. The van der Waals surface area contributed by atoms with E-state index in [9.17, 15) is 0 Å². The number of para-hydroxylation sites is 2. The highest BCUT2D eigenvalue weighted by Gasteiger charge is 2.34. The molecule has 0 spiro atoms. The molecule has 2 N–H and O–H groups in total. The molecule has 4 heterocycles. The van der Waals surface area contributed by atoms with E-state index in [0.29, 0.717) is 0 Å². The predicted molar refractivity (Wildman–Crippen MR) is 225 cm³/mol. The van der Waals surface area contributed by atoms with E-state index in [1.807, 2.05) is 0 Å². The van der Waals surface area contributed by atoms with Crippen LogP contribution < -0.4 is 15.5 Å². The summed E-state index contributed by atoms with van der Waals surface area (Å²) in [6.45, 7) is 0. The Bertz CT molecular complexity index is 2520. The van der Waals surface area contributed by atoms with Crippen LogP contribution in [0.3, 0.4) is 0 Å². The van der Waals surface area contributed by atoms with Gasteiger partial charge in [0.15, 0.2) is 0 Å². The summed E-state index contributed by atoms with van der Waals surface area (Å²) in [5.41, 5.74) is 20.3. The summed E-state index contributed by atoms with van der Waals surface area (Å²) in [6, 6.07) is 27.2. The fourth-order valence-corrected chi connectivity index (χ4v) is 9.23. The van der Waals surface area contributed by atoms with Crippen molar-refractivity contribution in [1.82, 2.24) is 15.2 Å². The molecule has 2 unspecified atom stereocenters. The molecule has 11 rings (SSSR count). The minimum absolute atomic E-state index is 0.156. The average Bonchev–Trinajstić information content (AvgIpc) is 3.48. The highest BCUT2D eigenvalue weighted by Crippen LogP contribution is 2.48. The summed E-state index contributed by atoms with van der Waals surface area (Å²) in [7, 11) is 0. The predicted octanol–water partition coefficient (Wildman–Crippen LogP) is 10.7. The van der Waals surface area contributed by atoms with Crippen LogP contribution >= 0.6 is 0 Å². The van der Waals surface area contributed by atoms with Crippen molar-refractivity contribution < 1.29 is 0 Å². The van der Waals surface area contributed by atoms with Crippen molar-refractivity contribution in [2.45, 2.75) is 37.8 Å². The van der Waals surface area contributed by atoms with Gasteiger partial charge in [-0.25, -0.2) is 0 Å². The minimum atomic E-state index is 0.156. The van der Waals surface area contributed by atoms with Crippen molar-refractivity contribution in [3.8, 4) is 5.69 Å². The molecule has 0 radical (unpaired) electrons. The second-order valence-corrected chi connectivity index (χ2v) is 14.9. The number of nitrogens with one attached hydrogen (secondary N) is 2. The Morgan fingerprint density at radius 1 is 0.574 bits per heavy atom. The van der Waals surface area contributed by atoms with E-state index < -0.39 is 0 Å². The quantitative estimate of drug-likeness (QED) is 0.223. The third-order valence-electron chi connectivity index (χ3n) is 11.8. The number of nitrogens with zero attached hydrogens (tertiary/aromatic N) is 2. The van der Waals surface area contributed by atoms with Crippen LogP contribution in [0.15, 0.2) is 175 Å². The molecule has 2 atom stereocenters. The van der Waals surface area contributed by atoms with Crippen LogP contribution in [0.2, 0.25) is 0 Å². The molecule has 4 nitrogen and oxygen atoms in total. The number of allylic oxidation sites excluding steroid dienone is 12. The minimum Gasteiger partial charge on any atom is -0.374 e. The van der Waals surface area contributed by atoms with Gasteiger partial charge in [0.25, 0.3) is 0 Å². The smallest absolute Gasteiger partial charge is 0.0701 e. The Hall–Kier alpha value is -6.52. The van der Waals surface area contributed by atoms with Gasteiger partial charge in [0.1, 0.15) is 0 Å². The van der Waals surface area contributed by atoms with Crippen LogP contribution in [0.25, 0.3) is 34.8 Å². The standard InChI is InChI=1S/C50H40N4/c1-2-15-38(16-3-1)53-47-20-10-6-14-35(47)22-25-42-49(53)29-26-41-40-17-7-11-21-48(40)54(50(41)42)39-31-36(45-27-23-33-12-4-8-18-43(33)51-45)30-37(32-39)46-28-24-34-13-5-9-19-44(34)52-46/h1-6,8-16,18-25,27-28,30-32,43-44,51-52H,7,17,26,29H2. The molecule has 260 valence electrons. The summed E-state index contributed by atoms with van der Waals surface area (Å²) in [5.74, 6) is 0. The van der Waals surface area contributed by atoms with Crippen molar-refractivity contribution in [2.24, 2.45) is 0 Å². The van der Waals surface area contributed by atoms with E-state index >= 15 is 0 Å². The monoisotopic (exact) mass is 696 g/mol. The molecule has 0 fully saturated rings. The third-order valence-corrected chi connectivity index (χ3v) is 11.8. The first-order valence-electron chi connectivity index (χ1n) is 19.3. The molecule has 0 bridgehead atoms. The molecule has 3 aromatic carbocycles. The Morgan fingerprint density at radius 3 is 2.02 bits per heavy atom. The molecule has 0 amide bonds. The van der Waals surface area contributed by atoms with Crippen LogP contribution in [0.5, 0.6) is 0 Å². The van der Waals surface area contributed by atoms with Gasteiger partial charge in [0.2, 0.25) is 0 Å². The Labute approximate surface area is 316 Å². The zero-order valence-electron chi connectivity index (χ0n) is 30.0. The average molecular weight is 697 g/mol. The number of hydrogen-bond acceptors (Lipinski definition) is 3. The Balaban J connectivity index is 1.15. The summed E-state index contributed by atoms with van der Waals surface area (Å²) >= 11 is 0. The molecule has 4 aliphatic carbocycles. The molecule has 3 aliphatic heterocycles. The fraction of sp³-hybridized carbons (Fsp3) is 0.120. The van der Waals surface area contributed by atoms with Gasteiger partial charge in [-0.05, 0) is 108 Å². The summed E-state index contributed by atoms with van der Waals surface area (Å²) in [4.78, 5) is 2.52. The zero-order valence-corrected chi connectivity index (χ0v) is 30.0. The van der Waals surface area contributed by atoms with Crippen molar-refractivity contribution in [1.29, 1.82) is 0 Å². The lowest BCUT2D eigenvalue weighted by Crippen LogP contribution is -2.31. The van der Waals surface area contributed by atoms with Gasteiger partial charge in [0.05, 0.1) is 23.5 Å². The van der Waals surface area contributed by atoms with Crippen LogP contribution in [-0.2, 0) is 12.8 Å². The first kappa shape index (κ1) is 31.0. The number of aromatic nitrogens is 1. The SMILES string of the molecule is C1=CC2=CC=C(c3cc(C4=CC=C5C=CC=CC5N4)cc(-n4c5c(c6c4C4=C(CC6)N(c6ccccc6)c6ccccc6C=C4)CCC=C5)c3)NC2C=C1. The van der Waals surface area contributed by atoms with Gasteiger partial charge < -0.3 is 20.1 Å². The summed E-state index contributed by atoms with van der Waals surface area (Å²) in [6.07, 6.45) is 40.0. The summed E-state index contributed by atoms with van der Waals surface area (Å²) < 4.78 is 2.59. The van der Waals surface area contributed by atoms with Crippen LogP contribution in [-0.4, -0.2) is 16.7 Å². The topological polar surface area (TPSA) is 32.2 Å². The van der Waals surface area contributed by atoms with Crippen LogP contribution in [0.4, 0.5) is 11.4 Å². The fourth-order valence-electron chi connectivity index (χ4n) is 9.23. The lowest BCUT2D eigenvalue weighted by Gasteiger charge is -2.32. The highest BCUT2D eigenvalue weighted by atomic mass is 15.2. The van der Waals surface area contributed by atoms with E-state index in [4.69, 9.17) is 0 Å². The highest BCUT2D eigenvalue weighted by molar-refractivity contribution is 5.94. The maximum absolute atomic E-state index is 3.86. The molecular weight excluding hydrogens is 657 g/mol. The van der Waals surface area contributed by atoms with Gasteiger partial charge in [-0.2, -0.15) is 0 Å². The summed E-state index contributed by atoms with van der Waals surface area (Å²) in [5, 5.41) is 7.73. The van der Waals surface area contributed by atoms with Gasteiger partial charge in [-0.3, -0.25) is 0 Å². The second-order valence-electron chi connectivity index (χ2n) is 14.9. The Morgan fingerprint density at radius 2 is 1.28 bits per heavy atom. The third kappa shape index (κ3) is 5.05. The number of fused-ring (bicyclic) bond motifs is 7. The van der Waals surface area contributed by atoms with Gasteiger partial charge in [0, 0.05) is 50.9 Å². The van der Waals surface area contributed by atoms with Crippen LogP contribution in [0.1, 0.15) is 52.0 Å². The molecule has 7 aliphatic rings. The van der Waals surface area contributed by atoms with Crippen LogP contribution in [0, 0.1) is 0 Å². The molecule has 1 aromatic heterocycles. The lowest BCUT2D eigenvalue weighted by molar-refractivity contribution is 0.809. The first-order chi connectivity index (χ1) is 26.8. The maximum Gasteiger partial charge on any atom is 0.0701 e. The van der Waals surface area contributed by atoms with E-state index in [2.05, 4.69) is 190 Å². The van der Waals surface area contributed by atoms with Gasteiger partial charge in [-0.1, -0.05) is 115 Å². The molecule has 4 heteroatoms. The van der Waals surface area contributed by atoms with E-state index in [0.717, 1.165) is 37.1 Å². The van der Waals surface area contributed by atoms with E-state index in [1.165, 1.54) is 78.7 Å². The van der Waals surface area contributed by atoms with Gasteiger partial charge >= 0.3 is 0 Å². The number of hydrogen-bond donors (Lipinski definition) is 2. The number of dihydropyridines is 2. The van der Waals surface area contributed by atoms with Gasteiger partial charge in [-0.15, -0.1) is 0 Å². The van der Waals surface area contributed by atoms with Crippen molar-refractivity contribution in [3.63, 3.8) is 0 Å². The first-order valence-corrected chi connectivity index (χ1v) is 19.3. The van der Waals surface area contributed by atoms with Crippen molar-refractivity contribution >= 4 is 40.5 Å². The second kappa shape index (κ2) is 12.6. The van der Waals surface area contributed by atoms with Crippen molar-refractivity contribution in [3.05, 3.63) is 214 Å². The normalized spacial score (nSPS) is 21.2. The molecular formula is C50H40N4. The maximum atomic E-state index is 3.86. The number of benzene rings is 3. The van der Waals surface area contributed by atoms with Crippen molar-refractivity contribution in [2.75, 3.05) is 4.90 Å². The molecule has 0 saturated carbocycles. The molecule has 4 aromatic rings. The van der Waals surface area contributed by atoms with E-state index in [1.54, 1.807) is 0 Å². The van der Waals surface area contributed by atoms with E-state index in [-0.39, 0.29) is 12.1 Å².